The maximum atomic E-state index is 6.03. The van der Waals surface area contributed by atoms with Crippen LogP contribution in [0.4, 0.5) is 0 Å². The molecule has 0 fully saturated rings. The third kappa shape index (κ3) is 3.12. The summed E-state index contributed by atoms with van der Waals surface area (Å²) in [6.45, 7) is 2.52. The highest BCUT2D eigenvalue weighted by atomic mass is 35.5. The topological polar surface area (TPSA) is 48.5 Å². The zero-order chi connectivity index (χ0) is 11.2. The predicted octanol–water partition coefficient (Wildman–Crippen LogP) is 1.28. The first-order valence-electron chi connectivity index (χ1n) is 5.37. The van der Waals surface area contributed by atoms with E-state index in [1.165, 1.54) is 0 Å². The molecule has 0 bridgehead atoms. The van der Waals surface area contributed by atoms with Crippen LogP contribution >= 0.6 is 11.6 Å². The lowest BCUT2D eigenvalue weighted by atomic mass is 10.2. The number of nitrogens with zero attached hydrogens (tertiary/aromatic N) is 1. The third-order valence-corrected chi connectivity index (χ3v) is 2.71. The number of aliphatic imine (C=N–C) groups is 1. The van der Waals surface area contributed by atoms with E-state index in [9.17, 15) is 0 Å². The Morgan fingerprint density at radius 1 is 1.38 bits per heavy atom. The number of halogens is 1. The molecule has 0 aromatic heterocycles. The summed E-state index contributed by atoms with van der Waals surface area (Å²) in [5, 5.41) is 3.94. The number of guanidine groups is 1. The normalized spacial score (nSPS) is 15.2. The highest BCUT2D eigenvalue weighted by Gasteiger charge is 2.02. The lowest BCUT2D eigenvalue weighted by molar-refractivity contribution is 0.610. The Kier molecular flexibility index (Phi) is 4.02. The molecule has 0 aliphatic carbocycles. The molecular weight excluding hydrogens is 224 g/mol. The van der Waals surface area contributed by atoms with Crippen LogP contribution in [0.25, 0.3) is 0 Å². The van der Waals surface area contributed by atoms with E-state index in [0.717, 1.165) is 36.1 Å². The van der Waals surface area contributed by atoms with Crippen LogP contribution in [-0.4, -0.2) is 19.0 Å². The van der Waals surface area contributed by atoms with Crippen LogP contribution in [0.15, 0.2) is 29.3 Å². The summed E-state index contributed by atoms with van der Waals surface area (Å²) >= 11 is 6.03. The van der Waals surface area contributed by atoms with Gasteiger partial charge in [-0.15, -0.1) is 0 Å². The van der Waals surface area contributed by atoms with Gasteiger partial charge in [0.1, 0.15) is 0 Å². The molecule has 1 aromatic carbocycles. The summed E-state index contributed by atoms with van der Waals surface area (Å²) in [4.78, 5) is 4.28. The summed E-state index contributed by atoms with van der Waals surface area (Å²) in [5.74, 6) is 0.804. The fraction of sp³-hybridized carbons (Fsp3) is 0.364. The van der Waals surface area contributed by atoms with Crippen molar-refractivity contribution >= 4 is 17.6 Å². The number of benzene rings is 1. The van der Waals surface area contributed by atoms with Gasteiger partial charge in [0.25, 0.3) is 0 Å². The van der Waals surface area contributed by atoms with Gasteiger partial charge < -0.3 is 5.32 Å². The molecule has 0 saturated carbocycles. The Morgan fingerprint density at radius 3 is 3.00 bits per heavy atom. The monoisotopic (exact) mass is 238 g/mol. The molecule has 4 nitrogen and oxygen atoms in total. The summed E-state index contributed by atoms with van der Waals surface area (Å²) in [5.41, 5.74) is 7.18. The van der Waals surface area contributed by atoms with Crippen LogP contribution in [0.2, 0.25) is 5.02 Å². The summed E-state index contributed by atoms with van der Waals surface area (Å²) < 4.78 is 0. The van der Waals surface area contributed by atoms with E-state index in [1.54, 1.807) is 0 Å². The van der Waals surface area contributed by atoms with Gasteiger partial charge in [0.05, 0.1) is 0 Å². The van der Waals surface area contributed by atoms with Gasteiger partial charge in [0, 0.05) is 24.7 Å². The SMILES string of the molecule is Clc1ccccc1CNNC1=NCCCN1. The van der Waals surface area contributed by atoms with Crippen molar-refractivity contribution in [1.29, 1.82) is 0 Å². The minimum absolute atomic E-state index is 0.667. The molecule has 3 N–H and O–H groups in total. The zero-order valence-corrected chi connectivity index (χ0v) is 9.72. The third-order valence-electron chi connectivity index (χ3n) is 2.34. The van der Waals surface area contributed by atoms with Crippen molar-refractivity contribution in [1.82, 2.24) is 16.2 Å². The summed E-state index contributed by atoms with van der Waals surface area (Å²) in [7, 11) is 0. The Balaban J connectivity index is 1.80. The van der Waals surface area contributed by atoms with Crippen LogP contribution in [0.5, 0.6) is 0 Å². The first-order chi connectivity index (χ1) is 7.86. The van der Waals surface area contributed by atoms with Crippen molar-refractivity contribution in [2.24, 2.45) is 4.99 Å². The largest absolute Gasteiger partial charge is 0.355 e. The number of rotatable bonds is 3. The molecule has 86 valence electrons. The maximum absolute atomic E-state index is 6.03. The first kappa shape index (κ1) is 11.2. The molecule has 1 aliphatic rings. The Bertz CT molecular complexity index is 378. The quantitative estimate of drug-likeness (QED) is 0.696. The van der Waals surface area contributed by atoms with Crippen molar-refractivity contribution in [2.45, 2.75) is 13.0 Å². The molecular formula is C11H15ClN4. The van der Waals surface area contributed by atoms with Gasteiger partial charge in [-0.25, -0.2) is 5.43 Å². The fourth-order valence-electron chi connectivity index (χ4n) is 1.48. The highest BCUT2D eigenvalue weighted by molar-refractivity contribution is 6.31. The summed E-state index contributed by atoms with van der Waals surface area (Å²) in [6, 6.07) is 7.77. The second-order valence-electron chi connectivity index (χ2n) is 3.58. The molecule has 1 heterocycles. The predicted molar refractivity (Wildman–Crippen MR) is 66.3 cm³/mol. The Morgan fingerprint density at radius 2 is 2.25 bits per heavy atom. The van der Waals surface area contributed by atoms with E-state index in [2.05, 4.69) is 21.2 Å². The average Bonchev–Trinajstić information content (AvgIpc) is 2.33. The van der Waals surface area contributed by atoms with Gasteiger partial charge in [0.15, 0.2) is 0 Å². The Labute approximate surface area is 100 Å². The Hall–Kier alpha value is -1.26. The molecule has 0 atom stereocenters. The minimum Gasteiger partial charge on any atom is -0.355 e. The molecule has 0 amide bonds. The first-order valence-corrected chi connectivity index (χ1v) is 5.74. The fourth-order valence-corrected chi connectivity index (χ4v) is 1.68. The van der Waals surface area contributed by atoms with E-state index in [-0.39, 0.29) is 0 Å². The molecule has 2 rings (SSSR count). The van der Waals surface area contributed by atoms with E-state index < -0.39 is 0 Å². The molecule has 0 radical (unpaired) electrons. The zero-order valence-electron chi connectivity index (χ0n) is 8.96. The van der Waals surface area contributed by atoms with Gasteiger partial charge in [-0.1, -0.05) is 29.8 Å². The molecule has 16 heavy (non-hydrogen) atoms. The molecule has 1 aromatic rings. The number of hydrogen-bond acceptors (Lipinski definition) is 4. The van der Waals surface area contributed by atoms with Gasteiger partial charge in [0.2, 0.25) is 5.96 Å². The molecule has 1 aliphatic heterocycles. The average molecular weight is 239 g/mol. The molecule has 0 saturated heterocycles. The van der Waals surface area contributed by atoms with E-state index in [0.29, 0.717) is 6.54 Å². The van der Waals surface area contributed by atoms with Gasteiger partial charge in [-0.3, -0.25) is 10.4 Å². The van der Waals surface area contributed by atoms with E-state index in [4.69, 9.17) is 11.6 Å². The van der Waals surface area contributed by atoms with Crippen molar-refractivity contribution in [3.63, 3.8) is 0 Å². The van der Waals surface area contributed by atoms with Crippen LogP contribution in [0.1, 0.15) is 12.0 Å². The van der Waals surface area contributed by atoms with Crippen molar-refractivity contribution < 1.29 is 0 Å². The highest BCUT2D eigenvalue weighted by Crippen LogP contribution is 2.13. The number of hydrazine groups is 1. The number of nitrogens with one attached hydrogen (secondary N) is 3. The lowest BCUT2D eigenvalue weighted by Gasteiger charge is -2.16. The second-order valence-corrected chi connectivity index (χ2v) is 3.99. The molecule has 5 heteroatoms. The van der Waals surface area contributed by atoms with Crippen LogP contribution in [0.3, 0.4) is 0 Å². The smallest absolute Gasteiger partial charge is 0.205 e. The summed E-state index contributed by atoms with van der Waals surface area (Å²) in [6.07, 6.45) is 1.09. The van der Waals surface area contributed by atoms with Gasteiger partial charge in [-0.2, -0.15) is 0 Å². The number of hydrogen-bond donors (Lipinski definition) is 3. The molecule has 0 spiro atoms. The minimum atomic E-state index is 0.667. The van der Waals surface area contributed by atoms with Gasteiger partial charge in [-0.05, 0) is 18.1 Å². The van der Waals surface area contributed by atoms with Crippen molar-refractivity contribution in [3.8, 4) is 0 Å². The van der Waals surface area contributed by atoms with Gasteiger partial charge >= 0.3 is 0 Å². The van der Waals surface area contributed by atoms with Crippen LogP contribution < -0.4 is 16.2 Å². The van der Waals surface area contributed by atoms with E-state index >= 15 is 0 Å². The maximum Gasteiger partial charge on any atom is 0.205 e. The van der Waals surface area contributed by atoms with Crippen molar-refractivity contribution in [3.05, 3.63) is 34.9 Å². The molecule has 0 unspecified atom stereocenters. The van der Waals surface area contributed by atoms with E-state index in [1.807, 2.05) is 24.3 Å². The lowest BCUT2D eigenvalue weighted by Crippen LogP contribution is -2.47. The standard InChI is InChI=1S/C11H15ClN4/c12-10-5-2-1-4-9(10)8-15-16-11-13-6-3-7-14-11/h1-2,4-5,15H,3,6-8H2,(H2,13,14,16). The van der Waals surface area contributed by atoms with Crippen molar-refractivity contribution in [2.75, 3.05) is 13.1 Å². The van der Waals surface area contributed by atoms with Crippen LogP contribution in [0, 0.1) is 0 Å². The van der Waals surface area contributed by atoms with Crippen LogP contribution in [-0.2, 0) is 6.54 Å². The second kappa shape index (κ2) is 5.72.